The first-order valence-corrected chi connectivity index (χ1v) is 7.61. The molecule has 1 aliphatic heterocycles. The van der Waals surface area contributed by atoms with Crippen molar-refractivity contribution in [1.82, 2.24) is 4.31 Å². The summed E-state index contributed by atoms with van der Waals surface area (Å²) in [5.74, 6) is -1.52. The molecule has 0 aromatic heterocycles. The molecule has 1 N–H and O–H groups in total. The third-order valence-electron chi connectivity index (χ3n) is 3.30. The Morgan fingerprint density at radius 3 is 2.29 bits per heavy atom. The van der Waals surface area contributed by atoms with Gasteiger partial charge in [0.05, 0.1) is 16.6 Å². The number of alkyl halides is 3. The Balaban J connectivity index is 2.37. The van der Waals surface area contributed by atoms with Gasteiger partial charge in [-0.2, -0.15) is 17.5 Å². The average Bonchev–Trinajstić information content (AvgIpc) is 2.38. The van der Waals surface area contributed by atoms with Crippen molar-refractivity contribution in [2.75, 3.05) is 13.1 Å². The molecule has 1 fully saturated rings. The van der Waals surface area contributed by atoms with Crippen molar-refractivity contribution in [3.63, 3.8) is 0 Å². The number of aliphatic hydroxyl groups excluding tert-OH is 1. The van der Waals surface area contributed by atoms with Crippen LogP contribution in [0.25, 0.3) is 0 Å². The van der Waals surface area contributed by atoms with E-state index in [2.05, 4.69) is 0 Å². The quantitative estimate of drug-likeness (QED) is 0.845. The van der Waals surface area contributed by atoms with Crippen LogP contribution in [0.3, 0.4) is 0 Å². The molecule has 1 saturated heterocycles. The predicted octanol–water partition coefficient (Wildman–Crippen LogP) is 1.99. The largest absolute Gasteiger partial charge is 0.419 e. The molecule has 0 atom stereocenters. The Morgan fingerprint density at radius 1 is 1.19 bits per heavy atom. The molecule has 0 saturated carbocycles. The lowest BCUT2D eigenvalue weighted by atomic mass is 10.1. The molecule has 1 aromatic rings. The fraction of sp³-hybridized carbons (Fsp3) is 0.500. The molecule has 1 heterocycles. The van der Waals surface area contributed by atoms with Crippen LogP contribution in [-0.2, 0) is 16.2 Å². The average molecular weight is 327 g/mol. The van der Waals surface area contributed by atoms with Crippen molar-refractivity contribution in [3.8, 4) is 0 Å². The maximum absolute atomic E-state index is 13.2. The van der Waals surface area contributed by atoms with Gasteiger partial charge in [-0.15, -0.1) is 0 Å². The Morgan fingerprint density at radius 2 is 1.76 bits per heavy atom. The summed E-state index contributed by atoms with van der Waals surface area (Å²) >= 11 is 0. The van der Waals surface area contributed by atoms with Gasteiger partial charge in [0.2, 0.25) is 10.0 Å². The number of aliphatic hydroxyl groups is 1. The molecule has 0 radical (unpaired) electrons. The van der Waals surface area contributed by atoms with E-state index in [9.17, 15) is 31.1 Å². The lowest BCUT2D eigenvalue weighted by molar-refractivity contribution is -0.140. The van der Waals surface area contributed by atoms with Crippen molar-refractivity contribution in [1.29, 1.82) is 0 Å². The van der Waals surface area contributed by atoms with E-state index in [0.717, 1.165) is 10.4 Å². The molecule has 0 unspecified atom stereocenters. The zero-order chi connectivity index (χ0) is 15.8. The van der Waals surface area contributed by atoms with Gasteiger partial charge < -0.3 is 5.11 Å². The summed E-state index contributed by atoms with van der Waals surface area (Å²) in [6, 6.07) is 1.61. The van der Waals surface area contributed by atoms with Crippen molar-refractivity contribution in [2.24, 2.45) is 0 Å². The van der Waals surface area contributed by atoms with Crippen LogP contribution in [0.4, 0.5) is 17.6 Å². The second-order valence-corrected chi connectivity index (χ2v) is 6.71. The minimum absolute atomic E-state index is 0.0161. The molecule has 21 heavy (non-hydrogen) atoms. The number of benzene rings is 1. The lowest BCUT2D eigenvalue weighted by Gasteiger charge is -2.28. The summed E-state index contributed by atoms with van der Waals surface area (Å²) in [5.41, 5.74) is -1.61. The monoisotopic (exact) mass is 327 g/mol. The fourth-order valence-electron chi connectivity index (χ4n) is 2.11. The van der Waals surface area contributed by atoms with Gasteiger partial charge in [-0.1, -0.05) is 0 Å². The Bertz CT molecular complexity index is 622. The molecule has 2 rings (SSSR count). The highest BCUT2D eigenvalue weighted by Gasteiger charge is 2.36. The number of halogens is 4. The molecule has 0 spiro atoms. The standard InChI is InChI=1S/C12H13F4NO3S/c13-11-2-1-9(7-10(11)12(14,15)16)21(19,20)17-5-3-8(18)4-6-17/h1-2,7-8,18H,3-6H2. The van der Waals surface area contributed by atoms with Gasteiger partial charge in [0.1, 0.15) is 5.82 Å². The SMILES string of the molecule is O=S(=O)(c1ccc(F)c(C(F)(F)F)c1)N1CCC(O)CC1. The predicted molar refractivity (Wildman–Crippen MR) is 65.4 cm³/mol. The van der Waals surface area contributed by atoms with Gasteiger partial charge in [0.15, 0.2) is 0 Å². The molecule has 0 bridgehead atoms. The second-order valence-electron chi connectivity index (χ2n) is 4.77. The summed E-state index contributed by atoms with van der Waals surface area (Å²) in [4.78, 5) is -0.604. The van der Waals surface area contributed by atoms with Crippen molar-refractivity contribution in [2.45, 2.75) is 30.0 Å². The molecular weight excluding hydrogens is 314 g/mol. The second kappa shape index (κ2) is 5.54. The molecule has 1 aromatic carbocycles. The summed E-state index contributed by atoms with van der Waals surface area (Å²) in [6.45, 7) is 0.0322. The molecule has 0 aliphatic carbocycles. The smallest absolute Gasteiger partial charge is 0.393 e. The van der Waals surface area contributed by atoms with Crippen LogP contribution < -0.4 is 0 Å². The molecule has 1 aliphatic rings. The number of hydrogen-bond acceptors (Lipinski definition) is 3. The number of sulfonamides is 1. The number of nitrogens with zero attached hydrogens (tertiary/aromatic N) is 1. The summed E-state index contributed by atoms with van der Waals surface area (Å²) < 4.78 is 76.5. The Labute approximate surface area is 119 Å². The Kier molecular flexibility index (Phi) is 4.27. The van der Waals surface area contributed by atoms with E-state index in [-0.39, 0.29) is 25.9 Å². The van der Waals surface area contributed by atoms with Gasteiger partial charge in [-0.3, -0.25) is 0 Å². The van der Waals surface area contributed by atoms with Crippen molar-refractivity contribution < 1.29 is 31.1 Å². The minimum atomic E-state index is -4.96. The highest BCUT2D eigenvalue weighted by Crippen LogP contribution is 2.33. The number of hydrogen-bond donors (Lipinski definition) is 1. The van der Waals surface area contributed by atoms with Gasteiger partial charge in [0.25, 0.3) is 0 Å². The van der Waals surface area contributed by atoms with E-state index in [4.69, 9.17) is 0 Å². The van der Waals surface area contributed by atoms with E-state index in [1.54, 1.807) is 0 Å². The topological polar surface area (TPSA) is 57.6 Å². The number of piperidine rings is 1. The Hall–Kier alpha value is -1.19. The zero-order valence-corrected chi connectivity index (χ0v) is 11.6. The first-order chi connectivity index (χ1) is 9.62. The van der Waals surface area contributed by atoms with E-state index in [0.29, 0.717) is 12.1 Å². The first kappa shape index (κ1) is 16.2. The third kappa shape index (κ3) is 3.35. The van der Waals surface area contributed by atoms with E-state index in [1.807, 2.05) is 0 Å². The maximum atomic E-state index is 13.2. The van der Waals surface area contributed by atoms with Crippen LogP contribution in [-0.4, -0.2) is 37.0 Å². The highest BCUT2D eigenvalue weighted by atomic mass is 32.2. The van der Waals surface area contributed by atoms with Crippen LogP contribution >= 0.6 is 0 Å². The minimum Gasteiger partial charge on any atom is -0.393 e. The fourth-order valence-corrected chi connectivity index (χ4v) is 3.61. The van der Waals surface area contributed by atoms with E-state index >= 15 is 0 Å². The van der Waals surface area contributed by atoms with Gasteiger partial charge >= 0.3 is 6.18 Å². The van der Waals surface area contributed by atoms with E-state index in [1.165, 1.54) is 0 Å². The summed E-state index contributed by atoms with van der Waals surface area (Å²) in [6.07, 6.45) is -5.15. The van der Waals surface area contributed by atoms with Gasteiger partial charge in [-0.25, -0.2) is 12.8 Å². The normalized spacial score (nSPS) is 18.9. The van der Waals surface area contributed by atoms with E-state index < -0.39 is 38.6 Å². The molecule has 4 nitrogen and oxygen atoms in total. The maximum Gasteiger partial charge on any atom is 0.419 e. The van der Waals surface area contributed by atoms with Gasteiger partial charge in [0, 0.05) is 13.1 Å². The number of rotatable bonds is 2. The van der Waals surface area contributed by atoms with Crippen LogP contribution in [0.15, 0.2) is 23.1 Å². The zero-order valence-electron chi connectivity index (χ0n) is 10.8. The highest BCUT2D eigenvalue weighted by molar-refractivity contribution is 7.89. The van der Waals surface area contributed by atoms with Crippen LogP contribution in [0.1, 0.15) is 18.4 Å². The molecule has 0 amide bonds. The van der Waals surface area contributed by atoms with Crippen molar-refractivity contribution in [3.05, 3.63) is 29.6 Å². The summed E-state index contributed by atoms with van der Waals surface area (Å²) in [5, 5.41) is 9.33. The molecular formula is C12H13F4NO3S. The van der Waals surface area contributed by atoms with Crippen LogP contribution in [0.2, 0.25) is 0 Å². The molecule has 9 heteroatoms. The third-order valence-corrected chi connectivity index (χ3v) is 5.20. The first-order valence-electron chi connectivity index (χ1n) is 6.17. The van der Waals surface area contributed by atoms with Crippen LogP contribution in [0, 0.1) is 5.82 Å². The molecule has 118 valence electrons. The summed E-state index contributed by atoms with van der Waals surface area (Å²) in [7, 11) is -4.13. The van der Waals surface area contributed by atoms with Gasteiger partial charge in [-0.05, 0) is 31.0 Å². The van der Waals surface area contributed by atoms with Crippen LogP contribution in [0.5, 0.6) is 0 Å². The van der Waals surface area contributed by atoms with Crippen molar-refractivity contribution >= 4 is 10.0 Å². The lowest BCUT2D eigenvalue weighted by Crippen LogP contribution is -2.40.